The van der Waals surface area contributed by atoms with E-state index >= 15 is 0 Å². The molecular weight excluding hydrogens is 337 g/mol. The first-order valence-corrected chi connectivity index (χ1v) is 7.48. The zero-order valence-corrected chi connectivity index (χ0v) is 14.2. The minimum Gasteiger partial charge on any atom is -0.444 e. The molecule has 0 aliphatic carbocycles. The van der Waals surface area contributed by atoms with E-state index in [1.807, 2.05) is 0 Å². The van der Waals surface area contributed by atoms with Crippen LogP contribution in [0.2, 0.25) is 0 Å². The first-order chi connectivity index (χ1) is 11.4. The molecule has 0 spiro atoms. The Morgan fingerprint density at radius 1 is 1.44 bits per heavy atom. The van der Waals surface area contributed by atoms with Crippen molar-refractivity contribution in [2.75, 3.05) is 12.3 Å². The van der Waals surface area contributed by atoms with E-state index < -0.39 is 46.0 Å². The Morgan fingerprint density at radius 2 is 2.04 bits per heavy atom. The van der Waals surface area contributed by atoms with Crippen LogP contribution in [0.1, 0.15) is 38.9 Å². The molecule has 140 valence electrons. The van der Waals surface area contributed by atoms with Crippen LogP contribution in [0.15, 0.2) is 12.1 Å². The van der Waals surface area contributed by atoms with Gasteiger partial charge in [-0.25, -0.2) is 9.18 Å². The van der Waals surface area contributed by atoms with Crippen LogP contribution in [0.4, 0.5) is 20.6 Å². The molecule has 1 amide bonds. The molecule has 0 bridgehead atoms. The average molecular weight is 359 g/mol. The number of alkyl carbamates (subject to hydrolysis) is 1. The number of nitrogens with zero attached hydrogens (tertiary/aromatic N) is 1. The number of aliphatic hydroxyl groups excluding tert-OH is 2. The van der Waals surface area contributed by atoms with Crippen LogP contribution < -0.4 is 11.1 Å². The zero-order valence-electron chi connectivity index (χ0n) is 14.2. The molecule has 0 radical (unpaired) electrons. The Hall–Kier alpha value is -2.46. The highest BCUT2D eigenvalue weighted by Gasteiger charge is 2.25. The average Bonchev–Trinajstić information content (AvgIpc) is 2.46. The minimum atomic E-state index is -1.59. The van der Waals surface area contributed by atoms with Crippen molar-refractivity contribution in [3.63, 3.8) is 0 Å². The fourth-order valence-corrected chi connectivity index (χ4v) is 1.96. The number of anilines is 1. The highest BCUT2D eigenvalue weighted by atomic mass is 19.1. The van der Waals surface area contributed by atoms with Gasteiger partial charge in [0.05, 0.1) is 11.0 Å². The third-order valence-corrected chi connectivity index (χ3v) is 3.14. The van der Waals surface area contributed by atoms with Crippen molar-refractivity contribution in [3.8, 4) is 0 Å². The molecular formula is C15H22FN3O6. The van der Waals surface area contributed by atoms with Crippen LogP contribution in [0.25, 0.3) is 0 Å². The fraction of sp³-hybridized carbons (Fsp3) is 0.533. The van der Waals surface area contributed by atoms with Crippen molar-refractivity contribution < 1.29 is 29.1 Å². The lowest BCUT2D eigenvalue weighted by Gasteiger charge is -2.21. The number of carbonyl (C=O) groups excluding carboxylic acids is 1. The van der Waals surface area contributed by atoms with Crippen molar-refractivity contribution in [1.82, 2.24) is 5.32 Å². The number of halogens is 1. The number of rotatable bonds is 6. The lowest BCUT2D eigenvalue weighted by Crippen LogP contribution is -2.34. The number of hydrogen-bond acceptors (Lipinski definition) is 7. The lowest BCUT2D eigenvalue weighted by molar-refractivity contribution is -0.384. The largest absolute Gasteiger partial charge is 0.444 e. The van der Waals surface area contributed by atoms with E-state index in [1.165, 1.54) is 0 Å². The molecule has 5 N–H and O–H groups in total. The topological polar surface area (TPSA) is 148 Å². The molecule has 0 saturated carbocycles. The standard InChI is InChI=1S/C15H22FN3O6/c1-15(2,3)25-14(22)18-5-4-11(20)13(21)8-6-9(16)12(17)10(7-8)19(23)24/h6-7,11,13,20-21H,4-5,17H2,1-3H3,(H,18,22). The number of carbonyl (C=O) groups is 1. The van der Waals surface area contributed by atoms with Crippen molar-refractivity contribution >= 4 is 17.5 Å². The molecule has 0 aliphatic rings. The summed E-state index contributed by atoms with van der Waals surface area (Å²) in [6.07, 6.45) is -3.75. The summed E-state index contributed by atoms with van der Waals surface area (Å²) in [4.78, 5) is 21.4. The normalized spacial score (nSPS) is 13.8. The van der Waals surface area contributed by atoms with Gasteiger partial charge >= 0.3 is 6.09 Å². The smallest absolute Gasteiger partial charge is 0.407 e. The van der Waals surface area contributed by atoms with Gasteiger partial charge in [-0.2, -0.15) is 0 Å². The Kier molecular flexibility index (Phi) is 6.65. The summed E-state index contributed by atoms with van der Waals surface area (Å²) in [7, 11) is 0. The minimum absolute atomic E-state index is 0.0211. The SMILES string of the molecule is CC(C)(C)OC(=O)NCCC(O)C(O)c1cc(F)c(N)c([N+](=O)[O-])c1. The summed E-state index contributed by atoms with van der Waals surface area (Å²) < 4.78 is 18.6. The van der Waals surface area contributed by atoms with E-state index in [-0.39, 0.29) is 18.5 Å². The summed E-state index contributed by atoms with van der Waals surface area (Å²) in [6.45, 7) is 5.04. The highest BCUT2D eigenvalue weighted by molar-refractivity contribution is 5.67. The van der Waals surface area contributed by atoms with Crippen LogP contribution in [-0.4, -0.2) is 39.5 Å². The molecule has 0 aliphatic heterocycles. The Balaban J connectivity index is 2.69. The maximum absolute atomic E-state index is 13.6. The third kappa shape index (κ3) is 6.16. The number of ether oxygens (including phenoxy) is 1. The van der Waals surface area contributed by atoms with Gasteiger partial charge in [0, 0.05) is 12.6 Å². The van der Waals surface area contributed by atoms with E-state index in [0.717, 1.165) is 12.1 Å². The second-order valence-corrected chi connectivity index (χ2v) is 6.42. The van der Waals surface area contributed by atoms with E-state index in [1.54, 1.807) is 20.8 Å². The van der Waals surface area contributed by atoms with Gasteiger partial charge in [-0.1, -0.05) is 0 Å². The van der Waals surface area contributed by atoms with Gasteiger partial charge in [0.25, 0.3) is 5.69 Å². The van der Waals surface area contributed by atoms with Gasteiger partial charge in [-0.3, -0.25) is 10.1 Å². The number of nitrogen functional groups attached to an aromatic ring is 1. The van der Waals surface area contributed by atoms with Crippen LogP contribution in [0, 0.1) is 15.9 Å². The van der Waals surface area contributed by atoms with Gasteiger partial charge in [0.1, 0.15) is 17.4 Å². The molecule has 2 unspecified atom stereocenters. The molecule has 0 aromatic heterocycles. The second-order valence-electron chi connectivity index (χ2n) is 6.42. The van der Waals surface area contributed by atoms with Gasteiger partial charge < -0.3 is 26.0 Å². The molecule has 10 heteroatoms. The Morgan fingerprint density at radius 3 is 2.56 bits per heavy atom. The number of benzene rings is 1. The number of hydrogen-bond donors (Lipinski definition) is 4. The molecule has 1 rings (SSSR count). The number of aliphatic hydroxyl groups is 2. The van der Waals surface area contributed by atoms with Crippen molar-refractivity contribution in [2.24, 2.45) is 0 Å². The molecule has 2 atom stereocenters. The van der Waals surface area contributed by atoms with Crippen LogP contribution in [0.5, 0.6) is 0 Å². The fourth-order valence-electron chi connectivity index (χ4n) is 1.96. The lowest BCUT2D eigenvalue weighted by atomic mass is 10.0. The number of nitrogens with one attached hydrogen (secondary N) is 1. The molecule has 0 heterocycles. The van der Waals surface area contributed by atoms with E-state index in [9.17, 15) is 29.5 Å². The number of nitro groups is 1. The van der Waals surface area contributed by atoms with Crippen LogP contribution in [-0.2, 0) is 4.74 Å². The summed E-state index contributed by atoms with van der Waals surface area (Å²) in [5, 5.41) is 33.2. The Bertz CT molecular complexity index is 647. The Labute approximate surface area is 143 Å². The second kappa shape index (κ2) is 8.08. The van der Waals surface area contributed by atoms with E-state index in [4.69, 9.17) is 10.5 Å². The monoisotopic (exact) mass is 359 g/mol. The molecule has 0 saturated heterocycles. The number of nitro benzene ring substituents is 1. The maximum Gasteiger partial charge on any atom is 0.407 e. The summed E-state index contributed by atoms with van der Waals surface area (Å²) in [5.41, 5.74) is 3.05. The molecule has 0 fully saturated rings. The van der Waals surface area contributed by atoms with E-state index in [2.05, 4.69) is 5.32 Å². The summed E-state index contributed by atoms with van der Waals surface area (Å²) >= 11 is 0. The number of amides is 1. The van der Waals surface area contributed by atoms with Crippen LogP contribution >= 0.6 is 0 Å². The third-order valence-electron chi connectivity index (χ3n) is 3.14. The van der Waals surface area contributed by atoms with E-state index in [0.29, 0.717) is 0 Å². The quantitative estimate of drug-likeness (QED) is 0.343. The van der Waals surface area contributed by atoms with Crippen LogP contribution in [0.3, 0.4) is 0 Å². The molecule has 1 aromatic rings. The molecule has 1 aromatic carbocycles. The van der Waals surface area contributed by atoms with Gasteiger partial charge in [0.2, 0.25) is 0 Å². The molecule has 25 heavy (non-hydrogen) atoms. The summed E-state index contributed by atoms with van der Waals surface area (Å²) in [6, 6.07) is 1.71. The number of nitrogens with two attached hydrogens (primary N) is 1. The van der Waals surface area contributed by atoms with Gasteiger partial charge in [-0.05, 0) is 38.8 Å². The van der Waals surface area contributed by atoms with Crippen molar-refractivity contribution in [1.29, 1.82) is 0 Å². The van der Waals surface area contributed by atoms with Gasteiger partial charge in [-0.15, -0.1) is 0 Å². The van der Waals surface area contributed by atoms with Crippen molar-refractivity contribution in [3.05, 3.63) is 33.6 Å². The first kappa shape index (κ1) is 20.6. The maximum atomic E-state index is 13.6. The zero-order chi connectivity index (χ0) is 19.4. The molecule has 9 nitrogen and oxygen atoms in total. The van der Waals surface area contributed by atoms with Crippen molar-refractivity contribution in [2.45, 2.75) is 45.0 Å². The predicted octanol–water partition coefficient (Wildman–Crippen LogP) is 1.63. The predicted molar refractivity (Wildman–Crippen MR) is 87.3 cm³/mol. The van der Waals surface area contributed by atoms with Gasteiger partial charge in [0.15, 0.2) is 5.82 Å². The first-order valence-electron chi connectivity index (χ1n) is 7.48. The highest BCUT2D eigenvalue weighted by Crippen LogP contribution is 2.30. The summed E-state index contributed by atoms with van der Waals surface area (Å²) in [5.74, 6) is -1.07.